The summed E-state index contributed by atoms with van der Waals surface area (Å²) in [6.07, 6.45) is 1.31. The maximum atomic E-state index is 13.1. The first kappa shape index (κ1) is 32.1. The molecule has 0 aromatic heterocycles. The molecule has 210 valence electrons. The van der Waals surface area contributed by atoms with E-state index in [1.54, 1.807) is 38.1 Å². The van der Waals surface area contributed by atoms with E-state index in [4.69, 9.17) is 10.5 Å². The van der Waals surface area contributed by atoms with E-state index >= 15 is 0 Å². The number of hydrogen-bond donors (Lipinski definition) is 5. The van der Waals surface area contributed by atoms with Crippen molar-refractivity contribution >= 4 is 41.2 Å². The maximum absolute atomic E-state index is 13.1. The predicted molar refractivity (Wildman–Crippen MR) is 141 cm³/mol. The molecule has 2 unspecified atom stereocenters. The van der Waals surface area contributed by atoms with Crippen LogP contribution < -0.4 is 27.0 Å². The molecule has 1 aromatic rings. The number of hydrogen-bond acceptors (Lipinski definition) is 7. The van der Waals surface area contributed by atoms with Gasteiger partial charge in [0.25, 0.3) is 0 Å². The Bertz CT molecular complexity index is 979. The van der Waals surface area contributed by atoms with Crippen LogP contribution in [0.2, 0.25) is 0 Å². The molecule has 12 heteroatoms. The maximum Gasteiger partial charge on any atom is 0.312 e. The average molecular weight is 534 g/mol. The molecule has 0 saturated heterocycles. The lowest BCUT2D eigenvalue weighted by atomic mass is 10.0. The number of carbonyl (C=O) groups excluding carboxylic acids is 6. The zero-order chi connectivity index (χ0) is 28.7. The highest BCUT2D eigenvalue weighted by Gasteiger charge is 2.28. The molecule has 2 atom stereocenters. The van der Waals surface area contributed by atoms with Crippen LogP contribution in [-0.4, -0.2) is 54.1 Å². The second kappa shape index (κ2) is 16.7. The van der Waals surface area contributed by atoms with E-state index in [2.05, 4.69) is 21.3 Å². The van der Waals surface area contributed by atoms with Crippen LogP contribution in [0.3, 0.4) is 0 Å². The predicted octanol–water partition coefficient (Wildman–Crippen LogP) is 1.52. The van der Waals surface area contributed by atoms with Crippen LogP contribution in [0, 0.1) is 5.92 Å². The lowest BCUT2D eigenvalue weighted by Gasteiger charge is -2.25. The van der Waals surface area contributed by atoms with Gasteiger partial charge in [-0.25, -0.2) is 4.79 Å². The number of esters is 1. The molecule has 1 aromatic carbocycles. The number of carbonyl (C=O) groups is 6. The average Bonchev–Trinajstić information content (AvgIpc) is 2.83. The lowest BCUT2D eigenvalue weighted by molar-refractivity contribution is -0.142. The first-order chi connectivity index (χ1) is 17.9. The summed E-state index contributed by atoms with van der Waals surface area (Å²) in [5, 5.41) is 10.6. The summed E-state index contributed by atoms with van der Waals surface area (Å²) in [6.45, 7) is 6.61. The van der Waals surface area contributed by atoms with Crippen LogP contribution in [0.15, 0.2) is 24.3 Å². The largest absolute Gasteiger partial charge is 0.461 e. The van der Waals surface area contributed by atoms with Gasteiger partial charge in [-0.05, 0) is 49.8 Å². The molecule has 0 aliphatic heterocycles. The van der Waals surface area contributed by atoms with Crippen molar-refractivity contribution in [1.29, 1.82) is 0 Å². The normalized spacial score (nSPS) is 12.1. The first-order valence-corrected chi connectivity index (χ1v) is 12.5. The number of amides is 5. The van der Waals surface area contributed by atoms with Crippen molar-refractivity contribution in [2.24, 2.45) is 11.7 Å². The Balaban J connectivity index is 2.88. The number of benzene rings is 1. The van der Waals surface area contributed by atoms with Crippen molar-refractivity contribution in [3.63, 3.8) is 0 Å². The standard InChI is InChI=1S/C26H39N5O7/c1-16(2)23(31-22(34)9-5-7-17(3)32)25(36)30-21(8-6-14-28-26(27)37)24(35)29-20-12-10-19(11-13-20)15-38-18(4)33/h10-13,16,21,23H,5-9,14-15H2,1-4H3,(H,29,35)(H,30,36)(H,31,34)(H3,27,28,37). The number of anilines is 1. The first-order valence-electron chi connectivity index (χ1n) is 12.5. The van der Waals surface area contributed by atoms with Crippen LogP contribution in [0.4, 0.5) is 10.5 Å². The number of ether oxygens (including phenoxy) is 1. The van der Waals surface area contributed by atoms with Crippen LogP contribution in [0.25, 0.3) is 0 Å². The molecule has 12 nitrogen and oxygen atoms in total. The lowest BCUT2D eigenvalue weighted by Crippen LogP contribution is -2.54. The fourth-order valence-electron chi connectivity index (χ4n) is 3.43. The van der Waals surface area contributed by atoms with E-state index in [0.29, 0.717) is 18.5 Å². The SMILES string of the molecule is CC(=O)CCCC(=O)NC(C(=O)NC(CCCNC(N)=O)C(=O)Nc1ccc(COC(C)=O)cc1)C(C)C. The van der Waals surface area contributed by atoms with Crippen LogP contribution in [0.5, 0.6) is 0 Å². The molecular formula is C26H39N5O7. The second-order valence-electron chi connectivity index (χ2n) is 9.31. The van der Waals surface area contributed by atoms with Crippen molar-refractivity contribution in [2.45, 2.75) is 78.5 Å². The summed E-state index contributed by atoms with van der Waals surface area (Å²) in [7, 11) is 0. The molecule has 0 aliphatic rings. The van der Waals surface area contributed by atoms with Gasteiger partial charge < -0.3 is 36.5 Å². The Morgan fingerprint density at radius 1 is 0.895 bits per heavy atom. The van der Waals surface area contributed by atoms with E-state index in [1.807, 2.05) is 0 Å². The van der Waals surface area contributed by atoms with Crippen LogP contribution >= 0.6 is 0 Å². The fraction of sp³-hybridized carbons (Fsp3) is 0.538. The quantitative estimate of drug-likeness (QED) is 0.157. The summed E-state index contributed by atoms with van der Waals surface area (Å²) in [4.78, 5) is 71.5. The van der Waals surface area contributed by atoms with Gasteiger partial charge in [0.2, 0.25) is 17.7 Å². The molecule has 38 heavy (non-hydrogen) atoms. The molecule has 0 saturated carbocycles. The van der Waals surface area contributed by atoms with Crippen molar-refractivity contribution in [1.82, 2.24) is 16.0 Å². The van der Waals surface area contributed by atoms with Gasteiger partial charge in [-0.2, -0.15) is 0 Å². The highest BCUT2D eigenvalue weighted by molar-refractivity contribution is 5.98. The summed E-state index contributed by atoms with van der Waals surface area (Å²) in [5.41, 5.74) is 6.29. The number of Topliss-reactive ketones (excluding diaryl/α,β-unsaturated/α-hetero) is 1. The third-order valence-corrected chi connectivity index (χ3v) is 5.46. The minimum Gasteiger partial charge on any atom is -0.461 e. The summed E-state index contributed by atoms with van der Waals surface area (Å²) in [5.74, 6) is -2.06. The van der Waals surface area contributed by atoms with E-state index in [0.717, 1.165) is 5.56 Å². The Kier molecular flexibility index (Phi) is 14.1. The van der Waals surface area contributed by atoms with Gasteiger partial charge in [0.15, 0.2) is 0 Å². The number of nitrogens with two attached hydrogens (primary N) is 1. The summed E-state index contributed by atoms with van der Waals surface area (Å²) >= 11 is 0. The van der Waals surface area contributed by atoms with Crippen LogP contribution in [0.1, 0.15) is 65.4 Å². The highest BCUT2D eigenvalue weighted by Crippen LogP contribution is 2.13. The van der Waals surface area contributed by atoms with E-state index in [9.17, 15) is 28.8 Å². The van der Waals surface area contributed by atoms with Gasteiger partial charge in [0.1, 0.15) is 24.5 Å². The van der Waals surface area contributed by atoms with Gasteiger partial charge in [0, 0.05) is 32.0 Å². The molecule has 1 rings (SSSR count). The zero-order valence-electron chi connectivity index (χ0n) is 22.4. The van der Waals surface area contributed by atoms with Crippen molar-refractivity contribution in [3.05, 3.63) is 29.8 Å². The number of rotatable bonds is 16. The van der Waals surface area contributed by atoms with Gasteiger partial charge in [-0.3, -0.25) is 19.2 Å². The summed E-state index contributed by atoms with van der Waals surface area (Å²) < 4.78 is 4.95. The molecule has 0 spiro atoms. The number of primary amides is 1. The topological polar surface area (TPSA) is 186 Å². The molecule has 0 heterocycles. The smallest absolute Gasteiger partial charge is 0.312 e. The van der Waals surface area contributed by atoms with Crippen molar-refractivity contribution < 1.29 is 33.5 Å². The number of urea groups is 1. The van der Waals surface area contributed by atoms with Crippen LogP contribution in [-0.2, 0) is 35.3 Å². The Labute approximate surface area is 222 Å². The number of ketones is 1. The Morgan fingerprint density at radius 2 is 1.55 bits per heavy atom. The zero-order valence-corrected chi connectivity index (χ0v) is 22.4. The third-order valence-electron chi connectivity index (χ3n) is 5.46. The minimum atomic E-state index is -0.964. The van der Waals surface area contributed by atoms with E-state index in [-0.39, 0.29) is 50.0 Å². The minimum absolute atomic E-state index is 0.0188. The van der Waals surface area contributed by atoms with Gasteiger partial charge in [-0.15, -0.1) is 0 Å². The Hall–Kier alpha value is -3.96. The molecule has 0 bridgehead atoms. The van der Waals surface area contributed by atoms with E-state index < -0.39 is 35.9 Å². The monoisotopic (exact) mass is 533 g/mol. The van der Waals surface area contributed by atoms with Gasteiger partial charge >= 0.3 is 12.0 Å². The fourth-order valence-corrected chi connectivity index (χ4v) is 3.43. The molecule has 0 aliphatic carbocycles. The molecule has 6 N–H and O–H groups in total. The molecule has 0 fully saturated rings. The highest BCUT2D eigenvalue weighted by atomic mass is 16.5. The molecule has 0 radical (unpaired) electrons. The van der Waals surface area contributed by atoms with Crippen molar-refractivity contribution in [3.8, 4) is 0 Å². The van der Waals surface area contributed by atoms with Crippen molar-refractivity contribution in [2.75, 3.05) is 11.9 Å². The number of nitrogens with one attached hydrogen (secondary N) is 4. The van der Waals surface area contributed by atoms with E-state index in [1.165, 1.54) is 13.8 Å². The second-order valence-corrected chi connectivity index (χ2v) is 9.31. The van der Waals surface area contributed by atoms with Gasteiger partial charge in [-0.1, -0.05) is 26.0 Å². The Morgan fingerprint density at radius 3 is 2.11 bits per heavy atom. The van der Waals surface area contributed by atoms with Gasteiger partial charge in [0.05, 0.1) is 0 Å². The summed E-state index contributed by atoms with van der Waals surface area (Å²) in [6, 6.07) is 4.12. The molecule has 5 amide bonds. The third kappa shape index (κ3) is 13.4. The molecular weight excluding hydrogens is 494 g/mol.